The van der Waals surface area contributed by atoms with E-state index in [0.29, 0.717) is 11.7 Å². The van der Waals surface area contributed by atoms with Gasteiger partial charge < -0.3 is 10.1 Å². The summed E-state index contributed by atoms with van der Waals surface area (Å²) in [5.41, 5.74) is 1.09. The van der Waals surface area contributed by atoms with Crippen LogP contribution in [0.1, 0.15) is 31.7 Å². The molecule has 0 aliphatic carbocycles. The molecule has 1 unspecified atom stereocenters. The largest absolute Gasteiger partial charge is 0.494 e. The first-order chi connectivity index (χ1) is 7.54. The van der Waals surface area contributed by atoms with Crippen molar-refractivity contribution in [3.63, 3.8) is 0 Å². The number of nitrogens with one attached hydrogen (secondary N) is 1. The minimum Gasteiger partial charge on any atom is -0.494 e. The summed E-state index contributed by atoms with van der Waals surface area (Å²) in [5.74, 6) is 0.406. The average molecular weight is 223 g/mol. The second-order valence-electron chi connectivity index (χ2n) is 4.88. The normalized spacial score (nSPS) is 23.4. The van der Waals surface area contributed by atoms with E-state index in [1.165, 1.54) is 7.11 Å². The standard InChI is InChI=1S/C13H18FNO/c1-13(2)10(6-7-15-13)9-4-5-12(16-3)11(14)8-9/h4-5,8,10,15H,6-7H2,1-3H3. The van der Waals surface area contributed by atoms with Crippen LogP contribution in [0.2, 0.25) is 0 Å². The Bertz CT molecular complexity index is 390. The molecule has 3 heteroatoms. The van der Waals surface area contributed by atoms with E-state index < -0.39 is 0 Å². The van der Waals surface area contributed by atoms with Crippen molar-refractivity contribution in [2.75, 3.05) is 13.7 Å². The predicted molar refractivity (Wildman–Crippen MR) is 62.4 cm³/mol. The minimum absolute atomic E-state index is 0.0427. The van der Waals surface area contributed by atoms with Crippen LogP contribution in [0.15, 0.2) is 18.2 Å². The predicted octanol–water partition coefficient (Wildman–Crippen LogP) is 2.69. The molecule has 1 N–H and O–H groups in total. The summed E-state index contributed by atoms with van der Waals surface area (Å²) in [6, 6.07) is 5.26. The van der Waals surface area contributed by atoms with Gasteiger partial charge in [-0.2, -0.15) is 0 Å². The third-order valence-corrected chi connectivity index (χ3v) is 3.46. The highest BCUT2D eigenvalue weighted by molar-refractivity contribution is 5.33. The molecule has 0 spiro atoms. The van der Waals surface area contributed by atoms with Crippen molar-refractivity contribution in [3.8, 4) is 5.75 Å². The Balaban J connectivity index is 2.31. The van der Waals surface area contributed by atoms with Crippen LogP contribution in [0.5, 0.6) is 5.75 Å². The van der Waals surface area contributed by atoms with Crippen molar-refractivity contribution >= 4 is 0 Å². The maximum Gasteiger partial charge on any atom is 0.165 e. The van der Waals surface area contributed by atoms with Crippen LogP contribution in [-0.4, -0.2) is 19.2 Å². The Morgan fingerprint density at radius 1 is 1.44 bits per heavy atom. The molecule has 0 radical (unpaired) electrons. The maximum atomic E-state index is 13.6. The minimum atomic E-state index is -0.275. The first kappa shape index (κ1) is 11.4. The third kappa shape index (κ3) is 1.92. The molecule has 1 heterocycles. The summed E-state index contributed by atoms with van der Waals surface area (Å²) in [5, 5.41) is 3.44. The third-order valence-electron chi connectivity index (χ3n) is 3.46. The molecule has 0 amide bonds. The summed E-state index contributed by atoms with van der Waals surface area (Å²) in [6.45, 7) is 5.31. The summed E-state index contributed by atoms with van der Waals surface area (Å²) in [6.07, 6.45) is 1.05. The van der Waals surface area contributed by atoms with Gasteiger partial charge in [-0.05, 0) is 44.5 Å². The molecule has 0 bridgehead atoms. The van der Waals surface area contributed by atoms with Crippen LogP contribution in [0, 0.1) is 5.82 Å². The average Bonchev–Trinajstić information content (AvgIpc) is 2.58. The Morgan fingerprint density at radius 3 is 2.69 bits per heavy atom. The number of rotatable bonds is 2. The zero-order chi connectivity index (χ0) is 11.8. The van der Waals surface area contributed by atoms with Gasteiger partial charge in [0, 0.05) is 11.5 Å². The highest BCUT2D eigenvalue weighted by Crippen LogP contribution is 2.36. The molecule has 1 aliphatic heterocycles. The van der Waals surface area contributed by atoms with Gasteiger partial charge in [-0.15, -0.1) is 0 Å². The van der Waals surface area contributed by atoms with Gasteiger partial charge in [0.25, 0.3) is 0 Å². The molecular weight excluding hydrogens is 205 g/mol. The summed E-state index contributed by atoms with van der Waals surface area (Å²) in [7, 11) is 1.49. The monoisotopic (exact) mass is 223 g/mol. The van der Waals surface area contributed by atoms with Crippen LogP contribution in [0.25, 0.3) is 0 Å². The summed E-state index contributed by atoms with van der Waals surface area (Å²) < 4.78 is 18.5. The molecule has 16 heavy (non-hydrogen) atoms. The van der Waals surface area contributed by atoms with Crippen molar-refractivity contribution in [2.45, 2.75) is 31.7 Å². The molecule has 2 nitrogen and oxygen atoms in total. The number of benzene rings is 1. The quantitative estimate of drug-likeness (QED) is 0.832. The van der Waals surface area contributed by atoms with E-state index in [0.717, 1.165) is 18.5 Å². The second kappa shape index (κ2) is 4.06. The Kier molecular flexibility index (Phi) is 2.89. The SMILES string of the molecule is COc1ccc(C2CCNC2(C)C)cc1F. The molecular formula is C13H18FNO. The first-order valence-corrected chi connectivity index (χ1v) is 5.63. The number of halogens is 1. The number of methoxy groups -OCH3 is 1. The van der Waals surface area contributed by atoms with Crippen molar-refractivity contribution < 1.29 is 9.13 Å². The van der Waals surface area contributed by atoms with E-state index in [4.69, 9.17) is 4.74 Å². The number of hydrogen-bond donors (Lipinski definition) is 1. The van der Waals surface area contributed by atoms with E-state index in [9.17, 15) is 4.39 Å². The van der Waals surface area contributed by atoms with Crippen LogP contribution < -0.4 is 10.1 Å². The maximum absolute atomic E-state index is 13.6. The van der Waals surface area contributed by atoms with Gasteiger partial charge in [0.15, 0.2) is 11.6 Å². The number of hydrogen-bond acceptors (Lipinski definition) is 2. The smallest absolute Gasteiger partial charge is 0.165 e. The lowest BCUT2D eigenvalue weighted by Gasteiger charge is -2.27. The summed E-state index contributed by atoms with van der Waals surface area (Å²) >= 11 is 0. The fourth-order valence-electron chi connectivity index (χ4n) is 2.51. The van der Waals surface area contributed by atoms with Crippen molar-refractivity contribution in [3.05, 3.63) is 29.6 Å². The Morgan fingerprint density at radius 2 is 2.19 bits per heavy atom. The van der Waals surface area contributed by atoms with Gasteiger partial charge in [-0.1, -0.05) is 6.07 Å². The molecule has 1 aromatic carbocycles. The van der Waals surface area contributed by atoms with Gasteiger partial charge >= 0.3 is 0 Å². The van der Waals surface area contributed by atoms with Gasteiger partial charge in [0.05, 0.1) is 7.11 Å². The van der Waals surface area contributed by atoms with Crippen molar-refractivity contribution in [1.29, 1.82) is 0 Å². The highest BCUT2D eigenvalue weighted by atomic mass is 19.1. The number of ether oxygens (including phenoxy) is 1. The van der Waals surface area contributed by atoms with Crippen molar-refractivity contribution in [2.24, 2.45) is 0 Å². The molecule has 1 atom stereocenters. The molecule has 1 fully saturated rings. The lowest BCUT2D eigenvalue weighted by Crippen LogP contribution is -2.36. The van der Waals surface area contributed by atoms with Crippen LogP contribution in [-0.2, 0) is 0 Å². The highest BCUT2D eigenvalue weighted by Gasteiger charge is 2.35. The van der Waals surface area contributed by atoms with E-state index in [1.54, 1.807) is 12.1 Å². The molecule has 0 saturated carbocycles. The van der Waals surface area contributed by atoms with E-state index >= 15 is 0 Å². The van der Waals surface area contributed by atoms with Crippen LogP contribution in [0.3, 0.4) is 0 Å². The van der Waals surface area contributed by atoms with Gasteiger partial charge in [0.2, 0.25) is 0 Å². The lowest BCUT2D eigenvalue weighted by atomic mass is 9.83. The lowest BCUT2D eigenvalue weighted by molar-refractivity contribution is 0.382. The fraction of sp³-hybridized carbons (Fsp3) is 0.538. The zero-order valence-corrected chi connectivity index (χ0v) is 10.0. The van der Waals surface area contributed by atoms with Gasteiger partial charge in [-0.25, -0.2) is 4.39 Å². The molecule has 1 aliphatic rings. The second-order valence-corrected chi connectivity index (χ2v) is 4.88. The molecule has 1 saturated heterocycles. The van der Waals surface area contributed by atoms with Gasteiger partial charge in [-0.3, -0.25) is 0 Å². The van der Waals surface area contributed by atoms with E-state index in [2.05, 4.69) is 19.2 Å². The Hall–Kier alpha value is -1.09. The van der Waals surface area contributed by atoms with Gasteiger partial charge in [0.1, 0.15) is 0 Å². The fourth-order valence-corrected chi connectivity index (χ4v) is 2.51. The molecule has 88 valence electrons. The molecule has 2 rings (SSSR count). The molecule has 1 aromatic rings. The zero-order valence-electron chi connectivity index (χ0n) is 10.0. The summed E-state index contributed by atoms with van der Waals surface area (Å²) in [4.78, 5) is 0. The van der Waals surface area contributed by atoms with Crippen molar-refractivity contribution in [1.82, 2.24) is 5.32 Å². The van der Waals surface area contributed by atoms with E-state index in [-0.39, 0.29) is 11.4 Å². The Labute approximate surface area is 95.8 Å². The first-order valence-electron chi connectivity index (χ1n) is 5.63. The van der Waals surface area contributed by atoms with Crippen LogP contribution in [0.4, 0.5) is 4.39 Å². The van der Waals surface area contributed by atoms with E-state index in [1.807, 2.05) is 6.07 Å². The molecule has 0 aromatic heterocycles. The topological polar surface area (TPSA) is 21.3 Å². The van der Waals surface area contributed by atoms with Crippen LogP contribution >= 0.6 is 0 Å².